The van der Waals surface area contributed by atoms with Crippen LogP contribution in [0.15, 0.2) is 47.5 Å². The van der Waals surface area contributed by atoms with Crippen molar-refractivity contribution in [2.45, 2.75) is 17.4 Å². The van der Waals surface area contributed by atoms with Gasteiger partial charge in [0.1, 0.15) is 18.2 Å². The van der Waals surface area contributed by atoms with E-state index >= 15 is 0 Å². The molecule has 6 nitrogen and oxygen atoms in total. The zero-order valence-corrected chi connectivity index (χ0v) is 16.0. The van der Waals surface area contributed by atoms with Gasteiger partial charge >= 0.3 is 6.03 Å². The van der Waals surface area contributed by atoms with Crippen LogP contribution >= 0.6 is 11.9 Å². The quantitative estimate of drug-likeness (QED) is 0.781. The standard InChI is InChI=1S/C20H16F2N4O2S/c21-12-1-4-17-18(6-12)29-26(20(28)24-17)10-19(27)25-9-11-5-14(25)7-15(11)16-3-2-13(22)8-23-16/h1-4,6-8,11,14H,5,9-10H2,(H,24,28)/t11?,14-/m1/s1. The van der Waals surface area contributed by atoms with Gasteiger partial charge in [0.2, 0.25) is 5.91 Å². The molecule has 29 heavy (non-hydrogen) atoms. The molecule has 148 valence electrons. The molecule has 2 aromatic rings. The molecule has 3 aliphatic rings. The number of likely N-dealkylation sites (tertiary alicyclic amines) is 1. The summed E-state index contributed by atoms with van der Waals surface area (Å²) in [7, 11) is 0. The molecular weight excluding hydrogens is 398 g/mol. The molecule has 0 radical (unpaired) electrons. The number of amides is 3. The fourth-order valence-electron chi connectivity index (χ4n) is 4.05. The van der Waals surface area contributed by atoms with Crippen molar-refractivity contribution < 1.29 is 18.4 Å². The van der Waals surface area contributed by atoms with E-state index in [0.29, 0.717) is 17.1 Å². The Kier molecular flexibility index (Phi) is 4.27. The summed E-state index contributed by atoms with van der Waals surface area (Å²) in [6, 6.07) is 6.69. The lowest BCUT2D eigenvalue weighted by Gasteiger charge is -2.31. The van der Waals surface area contributed by atoms with Crippen LogP contribution < -0.4 is 5.32 Å². The van der Waals surface area contributed by atoms with Crippen LogP contribution in [-0.4, -0.2) is 45.3 Å². The lowest BCUT2D eigenvalue weighted by Crippen LogP contribution is -2.45. The van der Waals surface area contributed by atoms with Crippen LogP contribution in [0, 0.1) is 17.6 Å². The van der Waals surface area contributed by atoms with Crippen molar-refractivity contribution >= 4 is 35.1 Å². The number of carbonyl (C=O) groups excluding carboxylic acids is 2. The summed E-state index contributed by atoms with van der Waals surface area (Å²) in [6.07, 6.45) is 3.99. The fourth-order valence-corrected chi connectivity index (χ4v) is 4.97. The number of anilines is 1. The van der Waals surface area contributed by atoms with E-state index in [1.165, 1.54) is 34.8 Å². The number of nitrogens with one attached hydrogen (secondary N) is 1. The van der Waals surface area contributed by atoms with E-state index in [1.54, 1.807) is 11.0 Å². The van der Waals surface area contributed by atoms with Gasteiger partial charge in [-0.05, 0) is 54.3 Å². The number of nitrogens with zero attached hydrogens (tertiary/aromatic N) is 3. The summed E-state index contributed by atoms with van der Waals surface area (Å²) in [6.45, 7) is 0.438. The second kappa shape index (κ2) is 6.84. The number of hydrogen-bond acceptors (Lipinski definition) is 4. The third-order valence-electron chi connectivity index (χ3n) is 5.40. The van der Waals surface area contributed by atoms with Crippen molar-refractivity contribution in [3.05, 3.63) is 59.9 Å². The largest absolute Gasteiger partial charge is 0.334 e. The van der Waals surface area contributed by atoms with Gasteiger partial charge in [0.15, 0.2) is 0 Å². The molecule has 2 aliphatic heterocycles. The van der Waals surface area contributed by atoms with E-state index in [4.69, 9.17) is 0 Å². The lowest BCUT2D eigenvalue weighted by molar-refractivity contribution is -0.131. The van der Waals surface area contributed by atoms with Crippen LogP contribution in [0.3, 0.4) is 0 Å². The van der Waals surface area contributed by atoms with Crippen LogP contribution in [0.25, 0.3) is 5.57 Å². The Morgan fingerprint density at radius 1 is 1.24 bits per heavy atom. The Labute approximate surface area is 169 Å². The normalized spacial score (nSPS) is 22.4. The number of aromatic nitrogens is 1. The molecule has 5 rings (SSSR count). The van der Waals surface area contributed by atoms with Crippen molar-refractivity contribution in [3.8, 4) is 0 Å². The van der Waals surface area contributed by atoms with Crippen molar-refractivity contribution in [2.24, 2.45) is 5.92 Å². The van der Waals surface area contributed by atoms with E-state index < -0.39 is 11.8 Å². The molecule has 1 unspecified atom stereocenters. The van der Waals surface area contributed by atoms with Gasteiger partial charge in [0.05, 0.1) is 28.5 Å². The number of carbonyl (C=O) groups is 2. The third-order valence-corrected chi connectivity index (χ3v) is 6.45. The molecular formula is C20H16F2N4O2S. The Bertz CT molecular complexity index is 1040. The van der Waals surface area contributed by atoms with Crippen molar-refractivity contribution in [2.75, 3.05) is 18.4 Å². The minimum absolute atomic E-state index is 0.0584. The van der Waals surface area contributed by atoms with E-state index in [9.17, 15) is 18.4 Å². The van der Waals surface area contributed by atoms with Crippen molar-refractivity contribution in [1.29, 1.82) is 0 Å². The lowest BCUT2D eigenvalue weighted by atomic mass is 9.99. The van der Waals surface area contributed by atoms with Gasteiger partial charge in [-0.25, -0.2) is 13.6 Å². The first-order chi connectivity index (χ1) is 14.0. The number of pyridine rings is 1. The minimum Gasteiger partial charge on any atom is -0.334 e. The average Bonchev–Trinajstić information content (AvgIpc) is 3.30. The van der Waals surface area contributed by atoms with Crippen LogP contribution in [0.5, 0.6) is 0 Å². The second-order valence-corrected chi connectivity index (χ2v) is 8.29. The highest BCUT2D eigenvalue weighted by Crippen LogP contribution is 2.42. The maximum Gasteiger partial charge on any atom is 0.332 e. The SMILES string of the molecule is O=C1Nc2ccc(F)cc2SN1CC(=O)N1CC2C[C@@H]1C=C2c1ccc(F)cn1. The number of fused-ring (bicyclic) bond motifs is 3. The molecule has 1 aliphatic carbocycles. The number of urea groups is 1. The predicted molar refractivity (Wildman–Crippen MR) is 104 cm³/mol. The van der Waals surface area contributed by atoms with Gasteiger partial charge in [-0.15, -0.1) is 0 Å². The Hall–Kier alpha value is -2.94. The van der Waals surface area contributed by atoms with E-state index in [0.717, 1.165) is 29.6 Å². The predicted octanol–water partition coefficient (Wildman–Crippen LogP) is 3.53. The van der Waals surface area contributed by atoms with Crippen molar-refractivity contribution in [3.63, 3.8) is 0 Å². The molecule has 0 spiro atoms. The Morgan fingerprint density at radius 2 is 2.07 bits per heavy atom. The fraction of sp³-hybridized carbons (Fsp3) is 0.250. The molecule has 1 aromatic heterocycles. The maximum absolute atomic E-state index is 13.5. The molecule has 0 saturated carbocycles. The maximum atomic E-state index is 13.5. The second-order valence-electron chi connectivity index (χ2n) is 7.23. The number of rotatable bonds is 3. The summed E-state index contributed by atoms with van der Waals surface area (Å²) < 4.78 is 27.9. The van der Waals surface area contributed by atoms with Crippen molar-refractivity contribution in [1.82, 2.24) is 14.2 Å². The molecule has 1 fully saturated rings. The van der Waals surface area contributed by atoms with Gasteiger partial charge < -0.3 is 10.2 Å². The van der Waals surface area contributed by atoms with Crippen LogP contribution in [-0.2, 0) is 4.79 Å². The van der Waals surface area contributed by atoms with E-state index in [2.05, 4.69) is 10.3 Å². The highest BCUT2D eigenvalue weighted by Gasteiger charge is 2.42. The Morgan fingerprint density at radius 3 is 2.79 bits per heavy atom. The van der Waals surface area contributed by atoms with Crippen LogP contribution in [0.2, 0.25) is 0 Å². The highest BCUT2D eigenvalue weighted by molar-refractivity contribution is 7.97. The molecule has 3 amide bonds. The number of benzene rings is 1. The Balaban J connectivity index is 1.28. The molecule has 2 atom stereocenters. The third kappa shape index (κ3) is 3.25. The topological polar surface area (TPSA) is 65.5 Å². The molecule has 9 heteroatoms. The molecule has 1 aromatic carbocycles. The highest BCUT2D eigenvalue weighted by atomic mass is 32.2. The summed E-state index contributed by atoms with van der Waals surface area (Å²) in [5.41, 5.74) is 2.30. The molecule has 1 saturated heterocycles. The summed E-state index contributed by atoms with van der Waals surface area (Å²) in [5, 5.41) is 2.68. The monoisotopic (exact) mass is 414 g/mol. The van der Waals surface area contributed by atoms with Gasteiger partial charge in [-0.2, -0.15) is 0 Å². The first kappa shape index (κ1) is 18.1. The number of halogens is 2. The zero-order chi connectivity index (χ0) is 20.1. The zero-order valence-electron chi connectivity index (χ0n) is 15.1. The summed E-state index contributed by atoms with van der Waals surface area (Å²) >= 11 is 1.06. The smallest absolute Gasteiger partial charge is 0.332 e. The van der Waals surface area contributed by atoms with Crippen LogP contribution in [0.4, 0.5) is 19.3 Å². The van der Waals surface area contributed by atoms with E-state index in [-0.39, 0.29) is 30.2 Å². The van der Waals surface area contributed by atoms with Gasteiger partial charge in [0, 0.05) is 12.5 Å². The van der Waals surface area contributed by atoms with Crippen LogP contribution in [0.1, 0.15) is 12.1 Å². The molecule has 1 N–H and O–H groups in total. The molecule has 2 bridgehead atoms. The number of hydrogen-bond donors (Lipinski definition) is 1. The van der Waals surface area contributed by atoms with E-state index in [1.807, 2.05) is 6.08 Å². The minimum atomic E-state index is -0.404. The first-order valence-corrected chi connectivity index (χ1v) is 9.94. The van der Waals surface area contributed by atoms with Gasteiger partial charge in [0.25, 0.3) is 0 Å². The average molecular weight is 414 g/mol. The summed E-state index contributed by atoms with van der Waals surface area (Å²) in [5.74, 6) is -0.794. The molecule has 3 heterocycles. The van der Waals surface area contributed by atoms with Gasteiger partial charge in [-0.3, -0.25) is 14.1 Å². The van der Waals surface area contributed by atoms with Gasteiger partial charge in [-0.1, -0.05) is 6.08 Å². The summed E-state index contributed by atoms with van der Waals surface area (Å²) in [4.78, 5) is 31.6. The first-order valence-electron chi connectivity index (χ1n) is 9.17.